The second-order valence-electron chi connectivity index (χ2n) is 8.77. The molecule has 0 unspecified atom stereocenters. The Morgan fingerprint density at radius 3 is 2.80 bits per heavy atom. The fourth-order valence-electron chi connectivity index (χ4n) is 4.29. The highest BCUT2D eigenvalue weighted by atomic mass is 32.2. The van der Waals surface area contributed by atoms with Gasteiger partial charge in [0.15, 0.2) is 0 Å². The normalized spacial score (nSPS) is 15.6. The number of hydrogen-bond acceptors (Lipinski definition) is 8. The van der Waals surface area contributed by atoms with Crippen LogP contribution < -0.4 is 5.32 Å². The summed E-state index contributed by atoms with van der Waals surface area (Å²) in [4.78, 5) is 16.7. The lowest BCUT2D eigenvalue weighted by Crippen LogP contribution is -2.64. The van der Waals surface area contributed by atoms with E-state index in [9.17, 15) is 13.7 Å². The van der Waals surface area contributed by atoms with Gasteiger partial charge in [0, 0.05) is 36.2 Å². The number of imidazole rings is 1. The van der Waals surface area contributed by atoms with Crippen LogP contribution in [0.2, 0.25) is 0 Å². The van der Waals surface area contributed by atoms with Gasteiger partial charge in [-0.25, -0.2) is 23.4 Å². The van der Waals surface area contributed by atoms with Gasteiger partial charge < -0.3 is 10.3 Å². The fraction of sp³-hybridized carbons (Fsp3) is 0.348. The zero-order valence-electron chi connectivity index (χ0n) is 19.6. The van der Waals surface area contributed by atoms with Crippen molar-refractivity contribution in [2.45, 2.75) is 32.7 Å². The van der Waals surface area contributed by atoms with Crippen LogP contribution in [0, 0.1) is 25.2 Å². The highest BCUT2D eigenvalue weighted by molar-refractivity contribution is 7.89. The van der Waals surface area contributed by atoms with Gasteiger partial charge in [0.2, 0.25) is 16.0 Å². The minimum absolute atomic E-state index is 0.0302. The van der Waals surface area contributed by atoms with E-state index in [1.165, 1.54) is 4.31 Å². The molecule has 12 heteroatoms. The van der Waals surface area contributed by atoms with Crippen molar-refractivity contribution < 1.29 is 8.42 Å². The molecule has 2 N–H and O–H groups in total. The molecule has 1 aliphatic heterocycles. The predicted molar refractivity (Wildman–Crippen MR) is 131 cm³/mol. The predicted octanol–water partition coefficient (Wildman–Crippen LogP) is 2.85. The molecule has 0 amide bonds. The third kappa shape index (κ3) is 4.02. The van der Waals surface area contributed by atoms with Crippen LogP contribution in [0.5, 0.6) is 0 Å². The zero-order valence-corrected chi connectivity index (χ0v) is 20.5. The summed E-state index contributed by atoms with van der Waals surface area (Å²) in [5, 5.41) is 17.2. The topological polar surface area (TPSA) is 145 Å². The summed E-state index contributed by atoms with van der Waals surface area (Å²) >= 11 is 0. The van der Waals surface area contributed by atoms with Gasteiger partial charge in [-0.15, -0.1) is 0 Å². The lowest BCUT2D eigenvalue weighted by Gasteiger charge is -2.47. The molecule has 0 radical (unpaired) electrons. The Balaban J connectivity index is 1.45. The summed E-state index contributed by atoms with van der Waals surface area (Å²) in [5.74, 6) is 0.480. The first kappa shape index (κ1) is 22.9. The summed E-state index contributed by atoms with van der Waals surface area (Å²) in [6.07, 6.45) is 5.34. The van der Waals surface area contributed by atoms with Gasteiger partial charge in [0.25, 0.3) is 0 Å². The first-order valence-corrected chi connectivity index (χ1v) is 12.8. The van der Waals surface area contributed by atoms with Crippen LogP contribution in [-0.2, 0) is 15.6 Å². The largest absolute Gasteiger partial charge is 0.345 e. The molecule has 1 saturated heterocycles. The fourth-order valence-corrected chi connectivity index (χ4v) is 5.53. The van der Waals surface area contributed by atoms with Gasteiger partial charge in [-0.2, -0.15) is 14.7 Å². The Morgan fingerprint density at radius 2 is 2.06 bits per heavy atom. The molecule has 0 bridgehead atoms. The molecule has 4 aromatic rings. The number of sulfonamides is 1. The molecule has 5 rings (SSSR count). The number of fused-ring (bicyclic) bond motifs is 1. The van der Waals surface area contributed by atoms with Gasteiger partial charge >= 0.3 is 0 Å². The lowest BCUT2D eigenvalue weighted by atomic mass is 9.89. The molecule has 1 aromatic carbocycles. The van der Waals surface area contributed by atoms with Gasteiger partial charge in [0.05, 0.1) is 47.5 Å². The molecule has 180 valence electrons. The molecule has 1 fully saturated rings. The van der Waals surface area contributed by atoms with E-state index in [2.05, 4.69) is 31.4 Å². The molecule has 3 aromatic heterocycles. The Labute approximate surface area is 202 Å². The average molecular weight is 492 g/mol. The van der Waals surface area contributed by atoms with E-state index in [-0.39, 0.29) is 25.3 Å². The van der Waals surface area contributed by atoms with Gasteiger partial charge in [0.1, 0.15) is 5.54 Å². The summed E-state index contributed by atoms with van der Waals surface area (Å²) in [6.45, 7) is 5.94. The number of aromatic amines is 1. The van der Waals surface area contributed by atoms with Crippen LogP contribution in [0.3, 0.4) is 0 Å². The van der Waals surface area contributed by atoms with Gasteiger partial charge in [-0.1, -0.05) is 0 Å². The second kappa shape index (κ2) is 8.44. The number of nitrogens with zero attached hydrogens (tertiary/aromatic N) is 7. The summed E-state index contributed by atoms with van der Waals surface area (Å²) < 4.78 is 27.6. The van der Waals surface area contributed by atoms with Crippen molar-refractivity contribution in [2.75, 3.05) is 24.2 Å². The molecule has 0 saturated carbocycles. The third-order valence-corrected chi connectivity index (χ3v) is 8.29. The van der Waals surface area contributed by atoms with Crippen molar-refractivity contribution in [1.29, 1.82) is 5.26 Å². The van der Waals surface area contributed by atoms with E-state index in [1.54, 1.807) is 24.1 Å². The van der Waals surface area contributed by atoms with E-state index in [0.717, 1.165) is 39.2 Å². The summed E-state index contributed by atoms with van der Waals surface area (Å²) in [5.41, 5.74) is 5.14. The zero-order chi connectivity index (χ0) is 24.8. The molecule has 4 heterocycles. The number of benzene rings is 1. The van der Waals surface area contributed by atoms with E-state index < -0.39 is 15.6 Å². The average Bonchev–Trinajstić information content (AvgIpc) is 3.48. The maximum atomic E-state index is 12.2. The van der Waals surface area contributed by atoms with Gasteiger partial charge in [-0.3, -0.25) is 4.68 Å². The first-order valence-electron chi connectivity index (χ1n) is 11.2. The van der Waals surface area contributed by atoms with Crippen LogP contribution in [0.1, 0.15) is 24.6 Å². The molecule has 0 spiro atoms. The first-order chi connectivity index (χ1) is 16.7. The summed E-state index contributed by atoms with van der Waals surface area (Å²) in [7, 11) is -3.31. The number of nitrogens with one attached hydrogen (secondary N) is 2. The number of aryl methyl sites for hydroxylation is 1. The van der Waals surface area contributed by atoms with Crippen molar-refractivity contribution in [1.82, 2.24) is 34.0 Å². The molecular formula is C23H25N9O2S. The number of anilines is 2. The SMILES string of the molecule is CCS(=O)(=O)N1CC(CC#N)(n2cc(-c3nc(Nc4ccc5nc[nH]c5c4)nc(C)c3C)cn2)C1. The molecule has 35 heavy (non-hydrogen) atoms. The lowest BCUT2D eigenvalue weighted by molar-refractivity contribution is 0.0719. The van der Waals surface area contributed by atoms with E-state index in [4.69, 9.17) is 4.98 Å². The maximum Gasteiger partial charge on any atom is 0.228 e. The Morgan fingerprint density at radius 1 is 1.26 bits per heavy atom. The minimum Gasteiger partial charge on any atom is -0.345 e. The Kier molecular flexibility index (Phi) is 5.53. The molecular weight excluding hydrogens is 466 g/mol. The molecule has 0 atom stereocenters. The quantitative estimate of drug-likeness (QED) is 0.401. The molecule has 11 nitrogen and oxygen atoms in total. The van der Waals surface area contributed by atoms with E-state index >= 15 is 0 Å². The number of H-pyrrole nitrogens is 1. The van der Waals surface area contributed by atoms with Crippen molar-refractivity contribution in [2.24, 2.45) is 0 Å². The van der Waals surface area contributed by atoms with Crippen molar-refractivity contribution in [3.8, 4) is 17.3 Å². The molecule has 0 aliphatic carbocycles. The highest BCUT2D eigenvalue weighted by Crippen LogP contribution is 2.36. The minimum atomic E-state index is -3.31. The van der Waals surface area contributed by atoms with E-state index in [1.807, 2.05) is 38.2 Å². The summed E-state index contributed by atoms with van der Waals surface area (Å²) in [6, 6.07) is 7.96. The van der Waals surface area contributed by atoms with Gasteiger partial charge in [-0.05, 0) is 44.5 Å². The Bertz CT molecular complexity index is 1560. The van der Waals surface area contributed by atoms with Crippen LogP contribution >= 0.6 is 0 Å². The number of aromatic nitrogens is 6. The number of rotatable bonds is 7. The highest BCUT2D eigenvalue weighted by Gasteiger charge is 2.49. The second-order valence-corrected chi connectivity index (χ2v) is 11.0. The standard InChI is InChI=1S/C23H25N9O2S/c1-4-35(33,34)31-12-23(13-31,7-8-24)32-11-17(10-27-32)21-15(2)16(3)28-22(30-21)29-18-5-6-19-20(9-18)26-14-25-19/h5-6,9-11,14H,4,7,12-13H2,1-3H3,(H,25,26)(H,28,29,30). The van der Waals surface area contributed by atoms with Crippen LogP contribution in [0.4, 0.5) is 11.6 Å². The number of nitriles is 1. The van der Waals surface area contributed by atoms with Crippen LogP contribution in [0.25, 0.3) is 22.3 Å². The van der Waals surface area contributed by atoms with Crippen molar-refractivity contribution in [3.05, 3.63) is 48.2 Å². The smallest absolute Gasteiger partial charge is 0.228 e. The van der Waals surface area contributed by atoms with Crippen LogP contribution in [-0.4, -0.2) is 61.3 Å². The monoisotopic (exact) mass is 491 g/mol. The maximum absolute atomic E-state index is 12.2. The third-order valence-electron chi connectivity index (χ3n) is 6.52. The van der Waals surface area contributed by atoms with Crippen LogP contribution in [0.15, 0.2) is 36.9 Å². The van der Waals surface area contributed by atoms with Crippen molar-refractivity contribution >= 4 is 32.7 Å². The number of hydrogen-bond donors (Lipinski definition) is 2. The molecule has 1 aliphatic rings. The van der Waals surface area contributed by atoms with E-state index in [0.29, 0.717) is 5.95 Å². The van der Waals surface area contributed by atoms with Crippen molar-refractivity contribution in [3.63, 3.8) is 0 Å². The Hall–Kier alpha value is -3.82.